The Kier molecular flexibility index (Phi) is 2.77. The standard InChI is InChI=1S/C11H19NO2/c1-7-9-5-3-2-4-8(9)6-10(12-7)11(13)14/h7-10,12H,2-6H2,1H3,(H,13,14). The Bertz CT molecular complexity index is 229. The number of hydrogen-bond acceptors (Lipinski definition) is 2. The average Bonchev–Trinajstić information content (AvgIpc) is 2.17. The van der Waals surface area contributed by atoms with E-state index in [1.807, 2.05) is 0 Å². The number of nitrogens with one attached hydrogen (secondary N) is 1. The predicted molar refractivity (Wildman–Crippen MR) is 54.1 cm³/mol. The van der Waals surface area contributed by atoms with Gasteiger partial charge in [0.1, 0.15) is 6.04 Å². The van der Waals surface area contributed by atoms with E-state index < -0.39 is 5.97 Å². The molecule has 2 aliphatic rings. The van der Waals surface area contributed by atoms with Crippen molar-refractivity contribution in [3.8, 4) is 0 Å². The van der Waals surface area contributed by atoms with Crippen molar-refractivity contribution in [2.24, 2.45) is 11.8 Å². The van der Waals surface area contributed by atoms with Crippen LogP contribution in [-0.2, 0) is 4.79 Å². The molecular formula is C11H19NO2. The van der Waals surface area contributed by atoms with Gasteiger partial charge in [0.05, 0.1) is 0 Å². The van der Waals surface area contributed by atoms with Crippen LogP contribution in [-0.4, -0.2) is 23.2 Å². The quantitative estimate of drug-likeness (QED) is 0.671. The molecule has 2 N–H and O–H groups in total. The molecule has 0 aromatic carbocycles. The molecule has 1 saturated carbocycles. The van der Waals surface area contributed by atoms with E-state index in [2.05, 4.69) is 12.2 Å². The normalized spacial score (nSPS) is 42.9. The Morgan fingerprint density at radius 3 is 2.79 bits per heavy atom. The first kappa shape index (κ1) is 9.97. The summed E-state index contributed by atoms with van der Waals surface area (Å²) in [5, 5.41) is 12.2. The number of carboxylic acid groups (broad SMARTS) is 1. The Balaban J connectivity index is 2.04. The van der Waals surface area contributed by atoms with Gasteiger partial charge in [0, 0.05) is 6.04 Å². The highest BCUT2D eigenvalue weighted by atomic mass is 16.4. The average molecular weight is 197 g/mol. The van der Waals surface area contributed by atoms with E-state index in [0.717, 1.165) is 12.3 Å². The van der Waals surface area contributed by atoms with Crippen LogP contribution in [0.1, 0.15) is 39.0 Å². The molecule has 1 aliphatic heterocycles. The molecule has 4 unspecified atom stereocenters. The third-order valence-electron chi connectivity index (χ3n) is 3.91. The van der Waals surface area contributed by atoms with Crippen LogP contribution in [0.25, 0.3) is 0 Å². The second-order valence-corrected chi connectivity index (χ2v) is 4.79. The maximum absolute atomic E-state index is 10.9. The lowest BCUT2D eigenvalue weighted by Gasteiger charge is -2.43. The van der Waals surface area contributed by atoms with Gasteiger partial charge in [-0.2, -0.15) is 0 Å². The van der Waals surface area contributed by atoms with E-state index >= 15 is 0 Å². The molecule has 14 heavy (non-hydrogen) atoms. The molecule has 1 heterocycles. The van der Waals surface area contributed by atoms with Gasteiger partial charge in [0.15, 0.2) is 0 Å². The van der Waals surface area contributed by atoms with Gasteiger partial charge < -0.3 is 10.4 Å². The van der Waals surface area contributed by atoms with Crippen LogP contribution in [0.3, 0.4) is 0 Å². The van der Waals surface area contributed by atoms with Crippen molar-refractivity contribution >= 4 is 5.97 Å². The SMILES string of the molecule is CC1NC(C(=O)O)CC2CCCCC21. The highest BCUT2D eigenvalue weighted by molar-refractivity contribution is 5.73. The lowest BCUT2D eigenvalue weighted by Crippen LogP contribution is -2.54. The second-order valence-electron chi connectivity index (χ2n) is 4.79. The molecule has 0 aromatic rings. The Hall–Kier alpha value is -0.570. The maximum Gasteiger partial charge on any atom is 0.320 e. The minimum atomic E-state index is -0.680. The van der Waals surface area contributed by atoms with Crippen molar-refractivity contribution in [2.45, 2.75) is 51.1 Å². The number of rotatable bonds is 1. The smallest absolute Gasteiger partial charge is 0.320 e. The third kappa shape index (κ3) is 1.78. The molecule has 0 radical (unpaired) electrons. The fourth-order valence-corrected chi connectivity index (χ4v) is 3.17. The topological polar surface area (TPSA) is 49.3 Å². The minimum absolute atomic E-state index is 0.302. The second kappa shape index (κ2) is 3.89. The van der Waals surface area contributed by atoms with E-state index in [-0.39, 0.29) is 6.04 Å². The number of fused-ring (bicyclic) bond motifs is 1. The number of carboxylic acids is 1. The maximum atomic E-state index is 10.9. The largest absolute Gasteiger partial charge is 0.480 e. The van der Waals surface area contributed by atoms with Gasteiger partial charge >= 0.3 is 5.97 Å². The van der Waals surface area contributed by atoms with Gasteiger partial charge in [0.25, 0.3) is 0 Å². The van der Waals surface area contributed by atoms with Gasteiger partial charge in [-0.05, 0) is 31.6 Å². The summed E-state index contributed by atoms with van der Waals surface area (Å²) in [7, 11) is 0. The Morgan fingerprint density at radius 1 is 1.36 bits per heavy atom. The van der Waals surface area contributed by atoms with E-state index in [9.17, 15) is 4.79 Å². The van der Waals surface area contributed by atoms with Crippen LogP contribution in [0.4, 0.5) is 0 Å². The molecule has 2 fully saturated rings. The van der Waals surface area contributed by atoms with Crippen LogP contribution in [0, 0.1) is 11.8 Å². The van der Waals surface area contributed by atoms with Crippen LogP contribution < -0.4 is 5.32 Å². The van der Waals surface area contributed by atoms with Crippen LogP contribution in [0.15, 0.2) is 0 Å². The summed E-state index contributed by atoms with van der Waals surface area (Å²) in [5.41, 5.74) is 0. The highest BCUT2D eigenvalue weighted by Gasteiger charge is 2.38. The van der Waals surface area contributed by atoms with Gasteiger partial charge in [-0.15, -0.1) is 0 Å². The van der Waals surface area contributed by atoms with Crippen molar-refractivity contribution in [2.75, 3.05) is 0 Å². The fourth-order valence-electron chi connectivity index (χ4n) is 3.17. The number of hydrogen-bond donors (Lipinski definition) is 2. The molecule has 2 rings (SSSR count). The van der Waals surface area contributed by atoms with Crippen LogP contribution >= 0.6 is 0 Å². The molecule has 4 atom stereocenters. The zero-order valence-electron chi connectivity index (χ0n) is 8.70. The summed E-state index contributed by atoms with van der Waals surface area (Å²) in [6.45, 7) is 2.14. The van der Waals surface area contributed by atoms with Gasteiger partial charge in [0.2, 0.25) is 0 Å². The minimum Gasteiger partial charge on any atom is -0.480 e. The van der Waals surface area contributed by atoms with Crippen molar-refractivity contribution in [1.29, 1.82) is 0 Å². The van der Waals surface area contributed by atoms with Crippen molar-refractivity contribution in [1.82, 2.24) is 5.32 Å². The molecule has 3 nitrogen and oxygen atoms in total. The first-order valence-electron chi connectivity index (χ1n) is 5.67. The van der Waals surface area contributed by atoms with E-state index in [0.29, 0.717) is 12.0 Å². The Morgan fingerprint density at radius 2 is 2.07 bits per heavy atom. The molecule has 1 aliphatic carbocycles. The fraction of sp³-hybridized carbons (Fsp3) is 0.909. The van der Waals surface area contributed by atoms with Crippen LogP contribution in [0.2, 0.25) is 0 Å². The molecule has 3 heteroatoms. The summed E-state index contributed by atoms with van der Waals surface area (Å²) >= 11 is 0. The number of carbonyl (C=O) groups is 1. The first-order valence-corrected chi connectivity index (χ1v) is 5.67. The molecule has 0 amide bonds. The lowest BCUT2D eigenvalue weighted by atomic mass is 9.70. The van der Waals surface area contributed by atoms with E-state index in [4.69, 9.17) is 5.11 Å². The molecule has 80 valence electrons. The predicted octanol–water partition coefficient (Wildman–Crippen LogP) is 1.63. The summed E-state index contributed by atoms with van der Waals surface area (Å²) in [5.74, 6) is 0.696. The van der Waals surface area contributed by atoms with E-state index in [1.54, 1.807) is 0 Å². The molecule has 0 spiro atoms. The first-order chi connectivity index (χ1) is 6.68. The summed E-state index contributed by atoms with van der Waals surface area (Å²) in [4.78, 5) is 10.9. The molecule has 0 bridgehead atoms. The summed E-state index contributed by atoms with van der Waals surface area (Å²) in [6, 6.07) is 0.0829. The highest BCUT2D eigenvalue weighted by Crippen LogP contribution is 2.38. The number of aliphatic carboxylic acids is 1. The molecule has 1 saturated heterocycles. The van der Waals surface area contributed by atoms with Gasteiger partial charge in [-0.25, -0.2) is 0 Å². The zero-order chi connectivity index (χ0) is 10.1. The van der Waals surface area contributed by atoms with Crippen molar-refractivity contribution in [3.63, 3.8) is 0 Å². The zero-order valence-corrected chi connectivity index (χ0v) is 8.70. The van der Waals surface area contributed by atoms with Crippen LogP contribution in [0.5, 0.6) is 0 Å². The lowest BCUT2D eigenvalue weighted by molar-refractivity contribution is -0.141. The summed E-state index contributed by atoms with van der Waals surface area (Å²) in [6.07, 6.45) is 5.97. The van der Waals surface area contributed by atoms with Crippen molar-refractivity contribution < 1.29 is 9.90 Å². The molecule has 0 aromatic heterocycles. The van der Waals surface area contributed by atoms with Crippen molar-refractivity contribution in [3.05, 3.63) is 0 Å². The monoisotopic (exact) mass is 197 g/mol. The number of piperidine rings is 1. The summed E-state index contributed by atoms with van der Waals surface area (Å²) < 4.78 is 0. The third-order valence-corrected chi connectivity index (χ3v) is 3.91. The van der Waals surface area contributed by atoms with E-state index in [1.165, 1.54) is 25.7 Å². The Labute approximate surface area is 84.9 Å². The molecular weight excluding hydrogens is 178 g/mol. The van der Waals surface area contributed by atoms with Gasteiger partial charge in [-0.1, -0.05) is 19.3 Å². The van der Waals surface area contributed by atoms with Gasteiger partial charge in [-0.3, -0.25) is 4.79 Å².